The first-order valence-corrected chi connectivity index (χ1v) is 7.92. The third-order valence-electron chi connectivity index (χ3n) is 3.54. The topological polar surface area (TPSA) is 26.3 Å². The van der Waals surface area contributed by atoms with Gasteiger partial charge in [-0.15, -0.1) is 0 Å². The highest BCUT2D eigenvalue weighted by Gasteiger charge is 2.07. The highest BCUT2D eigenvalue weighted by atomic mass is 16.5. The van der Waals surface area contributed by atoms with Crippen LogP contribution in [-0.2, 0) is 4.79 Å². The Morgan fingerprint density at radius 1 is 1.23 bits per heavy atom. The van der Waals surface area contributed by atoms with Crippen molar-refractivity contribution < 1.29 is 9.53 Å². The maximum absolute atomic E-state index is 11.9. The molecule has 0 aliphatic rings. The normalized spacial score (nSPS) is 11.5. The summed E-state index contributed by atoms with van der Waals surface area (Å²) in [6, 6.07) is 5.83. The lowest BCUT2D eigenvalue weighted by Gasteiger charge is -2.11. The van der Waals surface area contributed by atoms with Gasteiger partial charge >= 0.3 is 5.97 Å². The number of aryl methyl sites for hydroxylation is 1. The number of rotatable bonds is 6. The second-order valence-electron chi connectivity index (χ2n) is 6.41. The van der Waals surface area contributed by atoms with Crippen molar-refractivity contribution in [1.29, 1.82) is 0 Å². The maximum Gasteiger partial charge on any atom is 0.336 e. The maximum atomic E-state index is 11.9. The molecule has 0 saturated heterocycles. The number of esters is 1. The number of hydrogen-bond donors (Lipinski definition) is 0. The molecule has 0 spiro atoms. The first-order valence-electron chi connectivity index (χ1n) is 7.92. The molecular formula is C20H28O2. The van der Waals surface area contributed by atoms with Gasteiger partial charge in [-0.1, -0.05) is 37.1 Å². The van der Waals surface area contributed by atoms with Gasteiger partial charge in [-0.2, -0.15) is 0 Å². The van der Waals surface area contributed by atoms with Crippen molar-refractivity contribution in [1.82, 2.24) is 0 Å². The van der Waals surface area contributed by atoms with E-state index in [1.165, 1.54) is 11.1 Å². The Hall–Kier alpha value is -1.83. The Bertz CT molecular complexity index is 573. The molecule has 0 fully saturated rings. The van der Waals surface area contributed by atoms with Gasteiger partial charge in [0.25, 0.3) is 0 Å². The van der Waals surface area contributed by atoms with Gasteiger partial charge in [-0.3, -0.25) is 0 Å². The largest absolute Gasteiger partial charge is 0.423 e. The summed E-state index contributed by atoms with van der Waals surface area (Å²) >= 11 is 0. The van der Waals surface area contributed by atoms with Gasteiger partial charge in [-0.25, -0.2) is 4.79 Å². The minimum atomic E-state index is -0.300. The quantitative estimate of drug-likeness (QED) is 0.291. The molecule has 1 aromatic carbocycles. The number of carbonyl (C=O) groups is 1. The number of allylic oxidation sites excluding steroid dienone is 3. The van der Waals surface area contributed by atoms with Gasteiger partial charge < -0.3 is 4.74 Å². The van der Waals surface area contributed by atoms with Crippen LogP contribution in [0, 0.1) is 6.92 Å². The summed E-state index contributed by atoms with van der Waals surface area (Å²) in [5, 5.41) is 0. The molecule has 1 rings (SSSR count). The Kier molecular flexibility index (Phi) is 7.10. The van der Waals surface area contributed by atoms with Crippen LogP contribution in [0.25, 0.3) is 0 Å². The van der Waals surface area contributed by atoms with Crippen molar-refractivity contribution in [2.75, 3.05) is 0 Å². The van der Waals surface area contributed by atoms with E-state index in [1.54, 1.807) is 6.08 Å². The van der Waals surface area contributed by atoms with Gasteiger partial charge in [0, 0.05) is 6.08 Å². The average Bonchev–Trinajstić information content (AvgIpc) is 2.37. The van der Waals surface area contributed by atoms with Crippen molar-refractivity contribution in [3.8, 4) is 5.75 Å². The molecule has 0 N–H and O–H groups in total. The number of carbonyl (C=O) groups excluding carboxylic acids is 1. The second-order valence-corrected chi connectivity index (χ2v) is 6.41. The molecule has 1 aromatic rings. The Morgan fingerprint density at radius 3 is 2.45 bits per heavy atom. The van der Waals surface area contributed by atoms with Gasteiger partial charge in [0.1, 0.15) is 5.75 Å². The number of benzene rings is 1. The Labute approximate surface area is 134 Å². The van der Waals surface area contributed by atoms with Gasteiger partial charge in [0.15, 0.2) is 0 Å². The van der Waals surface area contributed by atoms with Crippen LogP contribution < -0.4 is 4.74 Å². The predicted octanol–water partition coefficient (Wildman–Crippen LogP) is 5.72. The molecule has 0 aliphatic carbocycles. The Morgan fingerprint density at radius 2 is 1.91 bits per heavy atom. The summed E-state index contributed by atoms with van der Waals surface area (Å²) in [5.74, 6) is 0.786. The summed E-state index contributed by atoms with van der Waals surface area (Å²) < 4.78 is 5.40. The molecule has 0 radical (unpaired) electrons. The molecule has 0 bridgehead atoms. The first kappa shape index (κ1) is 18.2. The first-order chi connectivity index (χ1) is 10.3. The smallest absolute Gasteiger partial charge is 0.336 e. The molecule has 0 aromatic heterocycles. The molecule has 0 aliphatic heterocycles. The van der Waals surface area contributed by atoms with E-state index in [-0.39, 0.29) is 5.97 Å². The zero-order valence-electron chi connectivity index (χ0n) is 14.7. The minimum Gasteiger partial charge on any atom is -0.423 e. The summed E-state index contributed by atoms with van der Waals surface area (Å²) in [6.07, 6.45) is 5.60. The Balaban J connectivity index is 2.65. The standard InChI is InChI=1S/C20H28O2/c1-14(2)8-7-9-16(5)12-20(21)22-18-10-11-19(15(3)4)17(6)13-18/h8,10-13,15H,7,9H2,1-6H3/b16-12+. The lowest BCUT2D eigenvalue weighted by Crippen LogP contribution is -2.05. The molecular weight excluding hydrogens is 272 g/mol. The minimum absolute atomic E-state index is 0.300. The van der Waals surface area contributed by atoms with Crippen LogP contribution in [0.1, 0.15) is 64.5 Å². The average molecular weight is 300 g/mol. The van der Waals surface area contributed by atoms with Crippen LogP contribution in [0.4, 0.5) is 0 Å². The van der Waals surface area contributed by atoms with Crippen LogP contribution in [0.5, 0.6) is 5.75 Å². The molecule has 2 heteroatoms. The highest BCUT2D eigenvalue weighted by molar-refractivity contribution is 5.84. The molecule has 0 heterocycles. The second kappa shape index (κ2) is 8.57. The fraction of sp³-hybridized carbons (Fsp3) is 0.450. The van der Waals surface area contributed by atoms with E-state index >= 15 is 0 Å². The van der Waals surface area contributed by atoms with E-state index in [2.05, 4.69) is 33.8 Å². The van der Waals surface area contributed by atoms with Crippen molar-refractivity contribution >= 4 is 5.97 Å². The number of hydrogen-bond acceptors (Lipinski definition) is 2. The van der Waals surface area contributed by atoms with Crippen molar-refractivity contribution in [2.24, 2.45) is 0 Å². The molecule has 0 saturated carbocycles. The lowest BCUT2D eigenvalue weighted by atomic mass is 9.98. The van der Waals surface area contributed by atoms with Crippen LogP contribution in [0.15, 0.2) is 41.5 Å². The molecule has 0 amide bonds. The van der Waals surface area contributed by atoms with E-state index in [1.807, 2.05) is 32.0 Å². The van der Waals surface area contributed by atoms with Gasteiger partial charge in [0.2, 0.25) is 0 Å². The van der Waals surface area contributed by atoms with E-state index in [0.717, 1.165) is 24.0 Å². The van der Waals surface area contributed by atoms with Crippen molar-refractivity contribution in [2.45, 2.75) is 60.3 Å². The SMILES string of the molecule is CC(C)=CCC/C(C)=C/C(=O)Oc1ccc(C(C)C)c(C)c1. The summed E-state index contributed by atoms with van der Waals surface area (Å²) in [5.41, 5.74) is 4.78. The summed E-state index contributed by atoms with van der Waals surface area (Å²) in [7, 11) is 0. The monoisotopic (exact) mass is 300 g/mol. The lowest BCUT2D eigenvalue weighted by molar-refractivity contribution is -0.129. The van der Waals surface area contributed by atoms with Crippen molar-refractivity contribution in [3.05, 3.63) is 52.6 Å². The van der Waals surface area contributed by atoms with E-state index in [0.29, 0.717) is 11.7 Å². The molecule has 2 nitrogen and oxygen atoms in total. The van der Waals surface area contributed by atoms with E-state index in [4.69, 9.17) is 4.74 Å². The third kappa shape index (κ3) is 6.30. The van der Waals surface area contributed by atoms with Crippen LogP contribution in [-0.4, -0.2) is 5.97 Å². The van der Waals surface area contributed by atoms with Gasteiger partial charge in [-0.05, 0) is 69.7 Å². The summed E-state index contributed by atoms with van der Waals surface area (Å²) in [6.45, 7) is 12.5. The molecule has 0 atom stereocenters. The number of ether oxygens (including phenoxy) is 1. The zero-order chi connectivity index (χ0) is 16.7. The predicted molar refractivity (Wildman–Crippen MR) is 93.3 cm³/mol. The fourth-order valence-corrected chi connectivity index (χ4v) is 2.37. The van der Waals surface area contributed by atoms with Crippen LogP contribution in [0.3, 0.4) is 0 Å². The summed E-state index contributed by atoms with van der Waals surface area (Å²) in [4.78, 5) is 11.9. The molecule has 22 heavy (non-hydrogen) atoms. The van der Waals surface area contributed by atoms with Crippen LogP contribution >= 0.6 is 0 Å². The van der Waals surface area contributed by atoms with E-state index < -0.39 is 0 Å². The fourth-order valence-electron chi connectivity index (χ4n) is 2.37. The molecule has 120 valence electrons. The van der Waals surface area contributed by atoms with Crippen LogP contribution in [0.2, 0.25) is 0 Å². The van der Waals surface area contributed by atoms with E-state index in [9.17, 15) is 4.79 Å². The van der Waals surface area contributed by atoms with Gasteiger partial charge in [0.05, 0.1) is 0 Å². The molecule has 0 unspecified atom stereocenters. The highest BCUT2D eigenvalue weighted by Crippen LogP contribution is 2.23. The third-order valence-corrected chi connectivity index (χ3v) is 3.54. The van der Waals surface area contributed by atoms with Crippen molar-refractivity contribution in [3.63, 3.8) is 0 Å². The zero-order valence-corrected chi connectivity index (χ0v) is 14.7.